The van der Waals surface area contributed by atoms with Crippen LogP contribution in [0.3, 0.4) is 0 Å². The van der Waals surface area contributed by atoms with E-state index < -0.39 is 9.84 Å². The Balaban J connectivity index is 1.74. The molecular weight excluding hydrogens is 336 g/mol. The maximum atomic E-state index is 11.5. The molecule has 1 fully saturated rings. The van der Waals surface area contributed by atoms with Crippen LogP contribution in [0.1, 0.15) is 12.0 Å². The van der Waals surface area contributed by atoms with Crippen molar-refractivity contribution in [2.45, 2.75) is 19.4 Å². The van der Waals surface area contributed by atoms with E-state index in [1.807, 2.05) is 25.1 Å². The molecule has 0 aliphatic carbocycles. The molecular formula is C15H17ClN4O2S. The van der Waals surface area contributed by atoms with Crippen LogP contribution in [0.4, 0.5) is 17.3 Å². The monoisotopic (exact) mass is 352 g/mol. The second-order valence-corrected chi connectivity index (χ2v) is 8.28. The smallest absolute Gasteiger partial charge is 0.152 e. The summed E-state index contributed by atoms with van der Waals surface area (Å²) in [5.74, 6) is 1.59. The van der Waals surface area contributed by atoms with Gasteiger partial charge in [-0.2, -0.15) is 0 Å². The standard InChI is InChI=1S/C15H17ClN4O2S/c1-10-2-3-11(16)6-13(10)20-15-7-14(17-9-18-15)19-12-4-5-23(21,22)8-12/h2-3,6-7,9,12H,4-5,8H2,1H3,(H2,17,18,19,20). The summed E-state index contributed by atoms with van der Waals surface area (Å²) in [5, 5.41) is 6.99. The van der Waals surface area contributed by atoms with Gasteiger partial charge in [0.05, 0.1) is 11.5 Å². The summed E-state index contributed by atoms with van der Waals surface area (Å²) < 4.78 is 23.0. The summed E-state index contributed by atoms with van der Waals surface area (Å²) in [6, 6.07) is 7.24. The number of hydrogen-bond acceptors (Lipinski definition) is 6. The Labute approximate surface area is 140 Å². The van der Waals surface area contributed by atoms with Crippen LogP contribution in [0.25, 0.3) is 0 Å². The van der Waals surface area contributed by atoms with Crippen LogP contribution in [0.5, 0.6) is 0 Å². The first kappa shape index (κ1) is 16.0. The van der Waals surface area contributed by atoms with E-state index in [0.717, 1.165) is 11.3 Å². The van der Waals surface area contributed by atoms with E-state index in [4.69, 9.17) is 11.6 Å². The zero-order chi connectivity index (χ0) is 16.4. The minimum atomic E-state index is -2.92. The number of hydrogen-bond donors (Lipinski definition) is 2. The number of rotatable bonds is 4. The van der Waals surface area contributed by atoms with Crippen molar-refractivity contribution in [2.75, 3.05) is 22.1 Å². The molecule has 2 N–H and O–H groups in total. The molecule has 8 heteroatoms. The Morgan fingerprint density at radius 2 is 2.00 bits per heavy atom. The van der Waals surface area contributed by atoms with Gasteiger partial charge in [0.2, 0.25) is 0 Å². The van der Waals surface area contributed by atoms with Crippen LogP contribution in [-0.4, -0.2) is 35.9 Å². The summed E-state index contributed by atoms with van der Waals surface area (Å²) >= 11 is 6.01. The fraction of sp³-hybridized carbons (Fsp3) is 0.333. The van der Waals surface area contributed by atoms with Gasteiger partial charge in [0.15, 0.2) is 9.84 Å². The number of aryl methyl sites for hydroxylation is 1. The van der Waals surface area contributed by atoms with Gasteiger partial charge in [-0.15, -0.1) is 0 Å². The SMILES string of the molecule is Cc1ccc(Cl)cc1Nc1cc(NC2CCS(=O)(=O)C2)ncn1. The lowest BCUT2D eigenvalue weighted by Gasteiger charge is -2.13. The van der Waals surface area contributed by atoms with Gasteiger partial charge in [-0.05, 0) is 31.0 Å². The van der Waals surface area contributed by atoms with Crippen molar-refractivity contribution < 1.29 is 8.42 Å². The minimum Gasteiger partial charge on any atom is -0.366 e. The largest absolute Gasteiger partial charge is 0.366 e. The van der Waals surface area contributed by atoms with Crippen molar-refractivity contribution in [1.29, 1.82) is 0 Å². The highest BCUT2D eigenvalue weighted by molar-refractivity contribution is 7.91. The van der Waals surface area contributed by atoms with Crippen LogP contribution in [0.15, 0.2) is 30.6 Å². The highest BCUT2D eigenvalue weighted by atomic mass is 35.5. The van der Waals surface area contributed by atoms with E-state index in [1.54, 1.807) is 6.07 Å². The highest BCUT2D eigenvalue weighted by Crippen LogP contribution is 2.24. The number of aromatic nitrogens is 2. The van der Waals surface area contributed by atoms with Crippen LogP contribution < -0.4 is 10.6 Å². The molecule has 1 aromatic carbocycles. The maximum absolute atomic E-state index is 11.5. The van der Waals surface area contributed by atoms with Gasteiger partial charge < -0.3 is 10.6 Å². The van der Waals surface area contributed by atoms with Crippen molar-refractivity contribution in [1.82, 2.24) is 9.97 Å². The maximum Gasteiger partial charge on any atom is 0.152 e. The highest BCUT2D eigenvalue weighted by Gasteiger charge is 2.27. The van der Waals surface area contributed by atoms with Crippen molar-refractivity contribution in [3.8, 4) is 0 Å². The van der Waals surface area contributed by atoms with E-state index in [2.05, 4.69) is 20.6 Å². The van der Waals surface area contributed by atoms with Crippen LogP contribution in [-0.2, 0) is 9.84 Å². The van der Waals surface area contributed by atoms with Crippen molar-refractivity contribution in [3.05, 3.63) is 41.2 Å². The Morgan fingerprint density at radius 3 is 2.74 bits per heavy atom. The van der Waals surface area contributed by atoms with E-state index in [9.17, 15) is 8.42 Å². The predicted molar refractivity (Wildman–Crippen MR) is 92.2 cm³/mol. The Kier molecular flexibility index (Phi) is 4.41. The molecule has 0 spiro atoms. The molecule has 2 aromatic rings. The van der Waals surface area contributed by atoms with Crippen LogP contribution >= 0.6 is 11.6 Å². The van der Waals surface area contributed by atoms with Gasteiger partial charge in [-0.3, -0.25) is 0 Å². The second kappa shape index (κ2) is 6.33. The third kappa shape index (κ3) is 4.11. The van der Waals surface area contributed by atoms with E-state index in [0.29, 0.717) is 23.1 Å². The molecule has 1 saturated heterocycles. The lowest BCUT2D eigenvalue weighted by molar-refractivity contribution is 0.602. The molecule has 0 saturated carbocycles. The van der Waals surface area contributed by atoms with Gasteiger partial charge in [0.1, 0.15) is 18.0 Å². The van der Waals surface area contributed by atoms with E-state index >= 15 is 0 Å². The van der Waals surface area contributed by atoms with E-state index in [1.165, 1.54) is 6.33 Å². The van der Waals surface area contributed by atoms with Gasteiger partial charge in [0, 0.05) is 22.8 Å². The topological polar surface area (TPSA) is 84.0 Å². The number of anilines is 3. The molecule has 1 aliphatic rings. The summed E-state index contributed by atoms with van der Waals surface area (Å²) in [6.45, 7) is 1.97. The average Bonchev–Trinajstić information content (AvgIpc) is 2.82. The summed E-state index contributed by atoms with van der Waals surface area (Å²) in [4.78, 5) is 8.33. The Morgan fingerprint density at radius 1 is 1.22 bits per heavy atom. The Hall–Kier alpha value is -1.86. The van der Waals surface area contributed by atoms with Crippen LogP contribution in [0, 0.1) is 6.92 Å². The molecule has 6 nitrogen and oxygen atoms in total. The summed E-state index contributed by atoms with van der Waals surface area (Å²) in [7, 11) is -2.92. The molecule has 1 atom stereocenters. The zero-order valence-electron chi connectivity index (χ0n) is 12.6. The first-order valence-corrected chi connectivity index (χ1v) is 9.43. The third-order valence-electron chi connectivity index (χ3n) is 3.71. The Bertz CT molecular complexity index is 826. The quantitative estimate of drug-likeness (QED) is 0.880. The van der Waals surface area contributed by atoms with Crippen molar-refractivity contribution in [2.24, 2.45) is 0 Å². The average molecular weight is 353 g/mol. The molecule has 0 radical (unpaired) electrons. The predicted octanol–water partition coefficient (Wildman–Crippen LogP) is 2.78. The lowest BCUT2D eigenvalue weighted by Crippen LogP contribution is -2.21. The molecule has 23 heavy (non-hydrogen) atoms. The zero-order valence-corrected chi connectivity index (χ0v) is 14.2. The first-order valence-electron chi connectivity index (χ1n) is 7.23. The molecule has 1 aliphatic heterocycles. The lowest BCUT2D eigenvalue weighted by atomic mass is 10.2. The number of halogens is 1. The molecule has 0 amide bonds. The van der Waals surface area contributed by atoms with Gasteiger partial charge in [0.25, 0.3) is 0 Å². The number of benzene rings is 1. The summed E-state index contributed by atoms with van der Waals surface area (Å²) in [5.41, 5.74) is 1.91. The normalized spacial score (nSPS) is 19.5. The first-order chi connectivity index (χ1) is 10.9. The second-order valence-electron chi connectivity index (χ2n) is 5.62. The minimum absolute atomic E-state index is 0.101. The molecule has 1 aromatic heterocycles. The van der Waals surface area contributed by atoms with Gasteiger partial charge in [-0.1, -0.05) is 17.7 Å². The number of nitrogens with zero attached hydrogens (tertiary/aromatic N) is 2. The fourth-order valence-electron chi connectivity index (χ4n) is 2.49. The fourth-order valence-corrected chi connectivity index (χ4v) is 4.33. The van der Waals surface area contributed by atoms with Gasteiger partial charge >= 0.3 is 0 Å². The van der Waals surface area contributed by atoms with E-state index in [-0.39, 0.29) is 17.5 Å². The molecule has 3 rings (SSSR count). The molecule has 2 heterocycles. The van der Waals surface area contributed by atoms with Crippen molar-refractivity contribution in [3.63, 3.8) is 0 Å². The number of nitrogens with one attached hydrogen (secondary N) is 2. The third-order valence-corrected chi connectivity index (χ3v) is 5.72. The molecule has 0 bridgehead atoms. The summed E-state index contributed by atoms with van der Waals surface area (Å²) in [6.07, 6.45) is 2.04. The molecule has 1 unspecified atom stereocenters. The van der Waals surface area contributed by atoms with Crippen molar-refractivity contribution >= 4 is 38.8 Å². The number of sulfone groups is 1. The van der Waals surface area contributed by atoms with Crippen LogP contribution in [0.2, 0.25) is 5.02 Å². The molecule has 122 valence electrons. The van der Waals surface area contributed by atoms with Gasteiger partial charge in [-0.25, -0.2) is 18.4 Å².